The molecular weight excluding hydrogens is 230 g/mol. The fraction of sp³-hybridized carbons (Fsp3) is 0.462. The molecule has 0 saturated carbocycles. The van der Waals surface area contributed by atoms with Gasteiger partial charge in [-0.25, -0.2) is 0 Å². The van der Waals surface area contributed by atoms with Crippen LogP contribution in [0, 0.1) is 6.92 Å². The van der Waals surface area contributed by atoms with Crippen LogP contribution in [0.4, 0.5) is 11.4 Å². The lowest BCUT2D eigenvalue weighted by atomic mass is 10.1. The molecule has 1 amide bonds. The van der Waals surface area contributed by atoms with Crippen molar-refractivity contribution in [1.82, 2.24) is 0 Å². The zero-order valence-electron chi connectivity index (χ0n) is 11.2. The number of anilines is 2. The third-order valence-corrected chi connectivity index (χ3v) is 2.50. The van der Waals surface area contributed by atoms with Gasteiger partial charge in [-0.15, -0.1) is 0 Å². The summed E-state index contributed by atoms with van der Waals surface area (Å²) in [5.41, 5.74) is 8.21. The summed E-state index contributed by atoms with van der Waals surface area (Å²) in [5, 5.41) is 2.81. The second-order valence-corrected chi connectivity index (χ2v) is 4.28. The van der Waals surface area contributed by atoms with Gasteiger partial charge >= 0.3 is 0 Å². The van der Waals surface area contributed by atoms with E-state index >= 15 is 0 Å². The van der Waals surface area contributed by atoms with Crippen LogP contribution in [0.3, 0.4) is 0 Å². The van der Waals surface area contributed by atoms with Gasteiger partial charge in [0.25, 0.3) is 0 Å². The summed E-state index contributed by atoms with van der Waals surface area (Å²) in [4.78, 5) is 13.6. The Balaban J connectivity index is 2.59. The van der Waals surface area contributed by atoms with Gasteiger partial charge in [-0.1, -0.05) is 0 Å². The largest absolute Gasteiger partial charge is 0.378 e. The molecule has 0 spiro atoms. The molecule has 5 nitrogen and oxygen atoms in total. The molecule has 1 aromatic rings. The first-order valence-corrected chi connectivity index (χ1v) is 5.90. The van der Waals surface area contributed by atoms with Crippen LogP contribution in [-0.2, 0) is 9.53 Å². The number of hydrogen-bond acceptors (Lipinski definition) is 4. The molecule has 0 atom stereocenters. The van der Waals surface area contributed by atoms with Crippen molar-refractivity contribution in [3.05, 3.63) is 23.8 Å². The van der Waals surface area contributed by atoms with Crippen LogP contribution < -0.4 is 16.0 Å². The van der Waals surface area contributed by atoms with E-state index in [1.54, 1.807) is 0 Å². The number of hydrogen-bond donors (Lipinski definition) is 2. The number of benzene rings is 1. The molecule has 0 radical (unpaired) electrons. The number of nitrogens with zero attached hydrogens (tertiary/aromatic N) is 1. The SMILES string of the molecule is Cc1cc(N(C)C)ccc1NC(=O)COCCN. The molecule has 0 aromatic heterocycles. The van der Waals surface area contributed by atoms with Crippen LogP contribution in [0.1, 0.15) is 5.56 Å². The van der Waals surface area contributed by atoms with Gasteiger partial charge in [0.05, 0.1) is 6.61 Å². The van der Waals surface area contributed by atoms with Crippen molar-refractivity contribution in [3.63, 3.8) is 0 Å². The monoisotopic (exact) mass is 251 g/mol. The summed E-state index contributed by atoms with van der Waals surface area (Å²) in [5.74, 6) is -0.163. The Kier molecular flexibility index (Phi) is 5.61. The Morgan fingerprint density at radius 3 is 2.72 bits per heavy atom. The van der Waals surface area contributed by atoms with E-state index < -0.39 is 0 Å². The molecule has 18 heavy (non-hydrogen) atoms. The lowest BCUT2D eigenvalue weighted by Gasteiger charge is -2.15. The van der Waals surface area contributed by atoms with Gasteiger partial charge in [0.1, 0.15) is 6.61 Å². The molecular formula is C13H21N3O2. The van der Waals surface area contributed by atoms with Crippen molar-refractivity contribution in [2.24, 2.45) is 5.73 Å². The normalized spacial score (nSPS) is 10.2. The van der Waals surface area contributed by atoms with Crippen LogP contribution in [0.2, 0.25) is 0 Å². The lowest BCUT2D eigenvalue weighted by molar-refractivity contribution is -0.120. The van der Waals surface area contributed by atoms with Gasteiger partial charge in [0, 0.05) is 32.0 Å². The minimum Gasteiger partial charge on any atom is -0.378 e. The molecule has 0 bridgehead atoms. The number of carbonyl (C=O) groups is 1. The molecule has 0 aliphatic carbocycles. The average molecular weight is 251 g/mol. The average Bonchev–Trinajstić information content (AvgIpc) is 2.32. The van der Waals surface area contributed by atoms with Crippen LogP contribution in [0.25, 0.3) is 0 Å². The fourth-order valence-corrected chi connectivity index (χ4v) is 1.50. The standard InChI is InChI=1S/C13H21N3O2/c1-10-8-11(16(2)3)4-5-12(10)15-13(17)9-18-7-6-14/h4-5,8H,6-7,9,14H2,1-3H3,(H,15,17). The number of nitrogens with two attached hydrogens (primary N) is 1. The molecule has 0 heterocycles. The Labute approximate surface area is 108 Å². The van der Waals surface area contributed by atoms with E-state index in [1.165, 1.54) is 0 Å². The molecule has 0 saturated heterocycles. The van der Waals surface area contributed by atoms with E-state index in [-0.39, 0.29) is 12.5 Å². The van der Waals surface area contributed by atoms with E-state index in [0.717, 1.165) is 16.9 Å². The maximum absolute atomic E-state index is 11.6. The van der Waals surface area contributed by atoms with E-state index in [1.807, 2.05) is 44.1 Å². The van der Waals surface area contributed by atoms with Gasteiger partial charge in [-0.2, -0.15) is 0 Å². The minimum atomic E-state index is -0.163. The summed E-state index contributed by atoms with van der Waals surface area (Å²) >= 11 is 0. The van der Waals surface area contributed by atoms with Crippen LogP contribution in [-0.4, -0.2) is 39.8 Å². The highest BCUT2D eigenvalue weighted by Crippen LogP contribution is 2.21. The topological polar surface area (TPSA) is 67.6 Å². The molecule has 100 valence electrons. The van der Waals surface area contributed by atoms with E-state index in [0.29, 0.717) is 13.2 Å². The van der Waals surface area contributed by atoms with Gasteiger partial charge in [-0.3, -0.25) is 4.79 Å². The molecule has 0 fully saturated rings. The molecule has 1 rings (SSSR count). The van der Waals surface area contributed by atoms with Gasteiger partial charge in [-0.05, 0) is 30.7 Å². The third kappa shape index (κ3) is 4.35. The highest BCUT2D eigenvalue weighted by Gasteiger charge is 2.06. The second-order valence-electron chi connectivity index (χ2n) is 4.28. The van der Waals surface area contributed by atoms with E-state index in [9.17, 15) is 4.79 Å². The molecule has 0 aliphatic rings. The maximum atomic E-state index is 11.6. The van der Waals surface area contributed by atoms with Crippen molar-refractivity contribution in [2.45, 2.75) is 6.92 Å². The summed E-state index contributed by atoms with van der Waals surface area (Å²) in [6.07, 6.45) is 0. The van der Waals surface area contributed by atoms with E-state index in [4.69, 9.17) is 10.5 Å². The summed E-state index contributed by atoms with van der Waals surface area (Å²) < 4.78 is 5.07. The number of ether oxygens (including phenoxy) is 1. The van der Waals surface area contributed by atoms with Gasteiger partial charge in [0.15, 0.2) is 0 Å². The van der Waals surface area contributed by atoms with Crippen LogP contribution >= 0.6 is 0 Å². The number of carbonyl (C=O) groups excluding carboxylic acids is 1. The number of amides is 1. The first kappa shape index (κ1) is 14.5. The van der Waals surface area contributed by atoms with Crippen LogP contribution in [0.5, 0.6) is 0 Å². The Morgan fingerprint density at radius 1 is 1.44 bits per heavy atom. The number of nitrogens with one attached hydrogen (secondary N) is 1. The summed E-state index contributed by atoms with van der Waals surface area (Å²) in [7, 11) is 3.96. The second kappa shape index (κ2) is 6.98. The van der Waals surface area contributed by atoms with Crippen molar-refractivity contribution in [1.29, 1.82) is 0 Å². The first-order valence-electron chi connectivity index (χ1n) is 5.90. The summed E-state index contributed by atoms with van der Waals surface area (Å²) in [6.45, 7) is 2.81. The maximum Gasteiger partial charge on any atom is 0.250 e. The quantitative estimate of drug-likeness (QED) is 0.739. The van der Waals surface area contributed by atoms with Crippen molar-refractivity contribution in [2.75, 3.05) is 44.1 Å². The van der Waals surface area contributed by atoms with E-state index in [2.05, 4.69) is 5.32 Å². The Morgan fingerprint density at radius 2 is 2.17 bits per heavy atom. The highest BCUT2D eigenvalue weighted by molar-refractivity contribution is 5.92. The predicted molar refractivity (Wildman–Crippen MR) is 74.0 cm³/mol. The predicted octanol–water partition coefficient (Wildman–Crippen LogP) is 0.975. The van der Waals surface area contributed by atoms with Crippen molar-refractivity contribution < 1.29 is 9.53 Å². The first-order chi connectivity index (χ1) is 8.54. The molecule has 0 unspecified atom stereocenters. The number of aryl methyl sites for hydroxylation is 1. The fourth-order valence-electron chi connectivity index (χ4n) is 1.50. The van der Waals surface area contributed by atoms with Crippen LogP contribution in [0.15, 0.2) is 18.2 Å². The van der Waals surface area contributed by atoms with Crippen molar-refractivity contribution >= 4 is 17.3 Å². The molecule has 1 aromatic carbocycles. The zero-order valence-corrected chi connectivity index (χ0v) is 11.2. The van der Waals surface area contributed by atoms with Gasteiger partial charge < -0.3 is 20.7 Å². The minimum absolute atomic E-state index is 0.0338. The highest BCUT2D eigenvalue weighted by atomic mass is 16.5. The third-order valence-electron chi connectivity index (χ3n) is 2.50. The lowest BCUT2D eigenvalue weighted by Crippen LogP contribution is -2.21. The molecule has 0 aliphatic heterocycles. The smallest absolute Gasteiger partial charge is 0.250 e. The van der Waals surface area contributed by atoms with Crippen molar-refractivity contribution in [3.8, 4) is 0 Å². The molecule has 3 N–H and O–H groups in total. The van der Waals surface area contributed by atoms with Gasteiger partial charge in [0.2, 0.25) is 5.91 Å². The Hall–Kier alpha value is -1.59. The Bertz CT molecular complexity index is 405. The summed E-state index contributed by atoms with van der Waals surface area (Å²) in [6, 6.07) is 5.88. The molecule has 5 heteroatoms. The zero-order chi connectivity index (χ0) is 13.5. The number of rotatable bonds is 6.